The number of rotatable bonds is 8. The molecule has 0 amide bonds. The van der Waals surface area contributed by atoms with Crippen molar-refractivity contribution < 1.29 is 9.47 Å². The van der Waals surface area contributed by atoms with E-state index in [0.29, 0.717) is 6.04 Å². The van der Waals surface area contributed by atoms with E-state index in [4.69, 9.17) is 9.47 Å². The van der Waals surface area contributed by atoms with Gasteiger partial charge in [-0.05, 0) is 20.3 Å². The summed E-state index contributed by atoms with van der Waals surface area (Å²) in [7, 11) is 1.73. The molecule has 0 bridgehead atoms. The molecule has 0 saturated carbocycles. The average Bonchev–Trinajstić information content (AvgIpc) is 2.49. The van der Waals surface area contributed by atoms with Crippen LogP contribution in [0.1, 0.15) is 20.3 Å². The zero-order valence-electron chi connectivity index (χ0n) is 13.2. The lowest BCUT2D eigenvalue weighted by molar-refractivity contribution is 0.0220. The summed E-state index contributed by atoms with van der Waals surface area (Å²) in [5, 5.41) is 6.60. The summed E-state index contributed by atoms with van der Waals surface area (Å²) < 4.78 is 10.4. The molecule has 0 radical (unpaired) electrons. The third-order valence-corrected chi connectivity index (χ3v) is 3.34. The topological polar surface area (TPSA) is 58.1 Å². The predicted molar refractivity (Wildman–Crippen MR) is 82.3 cm³/mol. The standard InChI is InChI=1S/C14H30N4O2/c1-4-15-14(16-6-5-9-19-3)17-12-13(2)18-7-10-20-11-8-18/h13H,4-12H2,1-3H3,(H2,15,16,17). The lowest BCUT2D eigenvalue weighted by Crippen LogP contribution is -2.44. The Hall–Kier alpha value is -0.850. The van der Waals surface area contributed by atoms with Crippen LogP contribution in [-0.4, -0.2) is 76.6 Å². The molecule has 1 aliphatic rings. The van der Waals surface area contributed by atoms with E-state index in [1.165, 1.54) is 0 Å². The Balaban J connectivity index is 2.32. The fraction of sp³-hybridized carbons (Fsp3) is 0.929. The van der Waals surface area contributed by atoms with Crippen molar-refractivity contribution in [2.24, 2.45) is 4.99 Å². The first kappa shape index (κ1) is 17.2. The Morgan fingerprint density at radius 1 is 1.35 bits per heavy atom. The molecule has 1 fully saturated rings. The Kier molecular flexibility index (Phi) is 9.36. The monoisotopic (exact) mass is 286 g/mol. The molecule has 1 aliphatic heterocycles. The summed E-state index contributed by atoms with van der Waals surface area (Å²) in [4.78, 5) is 7.09. The van der Waals surface area contributed by atoms with Crippen LogP contribution in [-0.2, 0) is 9.47 Å². The van der Waals surface area contributed by atoms with E-state index in [1.807, 2.05) is 0 Å². The molecule has 1 saturated heterocycles. The Morgan fingerprint density at radius 2 is 2.10 bits per heavy atom. The second kappa shape index (κ2) is 10.9. The van der Waals surface area contributed by atoms with Crippen LogP contribution >= 0.6 is 0 Å². The minimum Gasteiger partial charge on any atom is -0.385 e. The van der Waals surface area contributed by atoms with Crippen LogP contribution in [0.25, 0.3) is 0 Å². The number of ether oxygens (including phenoxy) is 2. The highest BCUT2D eigenvalue weighted by Gasteiger charge is 2.16. The summed E-state index contributed by atoms with van der Waals surface area (Å²) >= 11 is 0. The van der Waals surface area contributed by atoms with Gasteiger partial charge in [-0.2, -0.15) is 0 Å². The van der Waals surface area contributed by atoms with E-state index in [9.17, 15) is 0 Å². The lowest BCUT2D eigenvalue weighted by Gasteiger charge is -2.31. The van der Waals surface area contributed by atoms with Gasteiger partial charge in [0.2, 0.25) is 0 Å². The lowest BCUT2D eigenvalue weighted by atomic mass is 10.2. The van der Waals surface area contributed by atoms with Gasteiger partial charge >= 0.3 is 0 Å². The summed E-state index contributed by atoms with van der Waals surface area (Å²) in [6.07, 6.45) is 0.986. The minimum absolute atomic E-state index is 0.452. The zero-order chi connectivity index (χ0) is 14.6. The Bertz CT molecular complexity index is 268. The first-order valence-electron chi connectivity index (χ1n) is 7.60. The van der Waals surface area contributed by atoms with Gasteiger partial charge in [0.05, 0.1) is 19.8 Å². The predicted octanol–water partition coefficient (Wildman–Crippen LogP) is 0.299. The van der Waals surface area contributed by atoms with Crippen molar-refractivity contribution in [2.45, 2.75) is 26.3 Å². The Labute approximate surface area is 122 Å². The van der Waals surface area contributed by atoms with E-state index < -0.39 is 0 Å². The largest absolute Gasteiger partial charge is 0.385 e. The molecule has 1 heterocycles. The minimum atomic E-state index is 0.452. The number of nitrogens with one attached hydrogen (secondary N) is 2. The number of hydrogen-bond acceptors (Lipinski definition) is 4. The zero-order valence-corrected chi connectivity index (χ0v) is 13.2. The van der Waals surface area contributed by atoms with Gasteiger partial charge in [0, 0.05) is 45.9 Å². The van der Waals surface area contributed by atoms with Crippen molar-refractivity contribution in [2.75, 3.05) is 59.7 Å². The van der Waals surface area contributed by atoms with Crippen LogP contribution in [0.4, 0.5) is 0 Å². The fourth-order valence-electron chi connectivity index (χ4n) is 2.12. The molecule has 1 rings (SSSR count). The highest BCUT2D eigenvalue weighted by molar-refractivity contribution is 5.79. The molecular formula is C14H30N4O2. The van der Waals surface area contributed by atoms with Gasteiger partial charge in [-0.25, -0.2) is 0 Å². The molecule has 1 atom stereocenters. The van der Waals surface area contributed by atoms with Crippen LogP contribution in [0.3, 0.4) is 0 Å². The molecule has 1 unspecified atom stereocenters. The van der Waals surface area contributed by atoms with Crippen molar-refractivity contribution in [3.63, 3.8) is 0 Å². The van der Waals surface area contributed by atoms with E-state index in [0.717, 1.165) is 64.9 Å². The average molecular weight is 286 g/mol. The number of guanidine groups is 1. The molecule has 20 heavy (non-hydrogen) atoms. The highest BCUT2D eigenvalue weighted by atomic mass is 16.5. The molecule has 0 aliphatic carbocycles. The van der Waals surface area contributed by atoms with Gasteiger partial charge < -0.3 is 20.1 Å². The molecule has 0 aromatic rings. The smallest absolute Gasteiger partial charge is 0.191 e. The summed E-state index contributed by atoms with van der Waals surface area (Å²) in [5.41, 5.74) is 0. The van der Waals surface area contributed by atoms with Crippen LogP contribution in [0.2, 0.25) is 0 Å². The van der Waals surface area contributed by atoms with Crippen LogP contribution in [0.5, 0.6) is 0 Å². The van der Waals surface area contributed by atoms with Crippen LogP contribution in [0, 0.1) is 0 Å². The van der Waals surface area contributed by atoms with E-state index in [1.54, 1.807) is 7.11 Å². The molecule has 6 nitrogen and oxygen atoms in total. The molecule has 118 valence electrons. The van der Waals surface area contributed by atoms with Crippen LogP contribution < -0.4 is 10.6 Å². The normalized spacial score (nSPS) is 18.9. The summed E-state index contributed by atoms with van der Waals surface area (Å²) in [6, 6.07) is 0.452. The second-order valence-corrected chi connectivity index (χ2v) is 4.99. The van der Waals surface area contributed by atoms with Gasteiger partial charge in [0.25, 0.3) is 0 Å². The molecule has 0 aromatic heterocycles. The number of hydrogen-bond donors (Lipinski definition) is 2. The van der Waals surface area contributed by atoms with E-state index in [-0.39, 0.29) is 0 Å². The van der Waals surface area contributed by atoms with Crippen LogP contribution in [0.15, 0.2) is 4.99 Å². The molecule has 0 spiro atoms. The molecule has 6 heteroatoms. The van der Waals surface area contributed by atoms with E-state index in [2.05, 4.69) is 34.4 Å². The van der Waals surface area contributed by atoms with Crippen molar-refractivity contribution in [1.29, 1.82) is 0 Å². The van der Waals surface area contributed by atoms with Gasteiger partial charge in [-0.1, -0.05) is 0 Å². The molecule has 0 aromatic carbocycles. The third kappa shape index (κ3) is 7.07. The van der Waals surface area contributed by atoms with Crippen molar-refractivity contribution in [3.8, 4) is 0 Å². The maximum atomic E-state index is 5.38. The van der Waals surface area contributed by atoms with Gasteiger partial charge in [-0.3, -0.25) is 9.89 Å². The maximum Gasteiger partial charge on any atom is 0.191 e. The first-order valence-corrected chi connectivity index (χ1v) is 7.60. The van der Waals surface area contributed by atoms with Gasteiger partial charge in [0.1, 0.15) is 0 Å². The Morgan fingerprint density at radius 3 is 2.75 bits per heavy atom. The first-order chi connectivity index (χ1) is 9.77. The van der Waals surface area contributed by atoms with E-state index >= 15 is 0 Å². The summed E-state index contributed by atoms with van der Waals surface area (Å²) in [5.74, 6) is 0.892. The quantitative estimate of drug-likeness (QED) is 0.382. The maximum absolute atomic E-state index is 5.38. The number of nitrogens with zero attached hydrogens (tertiary/aromatic N) is 2. The fourth-order valence-corrected chi connectivity index (χ4v) is 2.12. The van der Waals surface area contributed by atoms with Gasteiger partial charge in [0.15, 0.2) is 5.96 Å². The van der Waals surface area contributed by atoms with Crippen molar-refractivity contribution >= 4 is 5.96 Å². The summed E-state index contributed by atoms with van der Waals surface area (Å²) in [6.45, 7) is 11.3. The van der Waals surface area contributed by atoms with Crippen molar-refractivity contribution in [1.82, 2.24) is 15.5 Å². The highest BCUT2D eigenvalue weighted by Crippen LogP contribution is 2.03. The van der Waals surface area contributed by atoms with Crippen molar-refractivity contribution in [3.05, 3.63) is 0 Å². The number of methoxy groups -OCH3 is 1. The second-order valence-electron chi connectivity index (χ2n) is 4.99. The number of aliphatic imine (C=N–C) groups is 1. The third-order valence-electron chi connectivity index (χ3n) is 3.34. The molecular weight excluding hydrogens is 256 g/mol. The number of morpholine rings is 1. The van der Waals surface area contributed by atoms with Gasteiger partial charge in [-0.15, -0.1) is 0 Å². The molecule has 2 N–H and O–H groups in total. The SMILES string of the molecule is CCNC(=NCC(C)N1CCOCC1)NCCCOC.